The van der Waals surface area contributed by atoms with E-state index in [1.165, 1.54) is 0 Å². The molecule has 27 heavy (non-hydrogen) atoms. The van der Waals surface area contributed by atoms with Crippen LogP contribution in [-0.4, -0.2) is 22.6 Å². The molecule has 0 saturated carbocycles. The van der Waals surface area contributed by atoms with Crippen molar-refractivity contribution >= 4 is 11.6 Å². The van der Waals surface area contributed by atoms with Crippen LogP contribution in [-0.2, 0) is 19.3 Å². The molecule has 0 radical (unpaired) electrons. The highest BCUT2D eigenvalue weighted by Gasteiger charge is 2.40. The lowest BCUT2D eigenvalue weighted by atomic mass is 10.0. The Bertz CT molecular complexity index is 800. The van der Waals surface area contributed by atoms with Gasteiger partial charge in [0.05, 0.1) is 5.69 Å². The fourth-order valence-corrected chi connectivity index (χ4v) is 4.00. The first-order valence-electron chi connectivity index (χ1n) is 9.46. The minimum absolute atomic E-state index is 0.176. The van der Waals surface area contributed by atoms with Crippen LogP contribution in [0, 0.1) is 20.8 Å². The topological polar surface area (TPSA) is 33.1 Å². The highest BCUT2D eigenvalue weighted by Crippen LogP contribution is 2.39. The Labute approximate surface area is 158 Å². The van der Waals surface area contributed by atoms with Crippen molar-refractivity contribution in [1.29, 1.82) is 0 Å². The van der Waals surface area contributed by atoms with Crippen molar-refractivity contribution in [2.24, 2.45) is 0 Å². The van der Waals surface area contributed by atoms with Gasteiger partial charge in [-0.2, -0.15) is 13.2 Å². The van der Waals surface area contributed by atoms with Gasteiger partial charge in [0.25, 0.3) is 0 Å². The molecule has 0 aliphatic carbocycles. The molecule has 2 heterocycles. The molecular formula is C20H27F3N4. The van der Waals surface area contributed by atoms with E-state index >= 15 is 0 Å². The molecule has 3 rings (SSSR count). The van der Waals surface area contributed by atoms with Crippen molar-refractivity contribution in [3.8, 4) is 0 Å². The first kappa shape index (κ1) is 19.7. The van der Waals surface area contributed by atoms with Crippen molar-refractivity contribution < 1.29 is 13.2 Å². The van der Waals surface area contributed by atoms with E-state index < -0.39 is 11.9 Å². The summed E-state index contributed by atoms with van der Waals surface area (Å²) < 4.78 is 42.7. The third kappa shape index (κ3) is 3.83. The number of nitrogens with zero attached hydrogens (tertiary/aromatic N) is 3. The molecule has 1 aliphatic rings. The number of benzene rings is 1. The molecule has 4 nitrogen and oxygen atoms in total. The molecule has 1 aromatic carbocycles. The molecule has 0 amide bonds. The predicted molar refractivity (Wildman–Crippen MR) is 102 cm³/mol. The van der Waals surface area contributed by atoms with Crippen LogP contribution in [0.3, 0.4) is 0 Å². The Morgan fingerprint density at radius 1 is 1.11 bits per heavy atom. The van der Waals surface area contributed by atoms with E-state index in [1.54, 1.807) is 4.57 Å². The van der Waals surface area contributed by atoms with E-state index in [-0.39, 0.29) is 12.2 Å². The average molecular weight is 380 g/mol. The Morgan fingerprint density at radius 3 is 2.37 bits per heavy atom. The zero-order chi connectivity index (χ0) is 19.8. The smallest absolute Gasteiger partial charge is 0.312 e. The Balaban J connectivity index is 2.11. The molecule has 0 spiro atoms. The third-order valence-electron chi connectivity index (χ3n) is 4.95. The fourth-order valence-electron chi connectivity index (χ4n) is 4.00. The van der Waals surface area contributed by atoms with E-state index in [1.807, 2.05) is 32.6 Å². The highest BCUT2D eigenvalue weighted by atomic mass is 19.4. The summed E-state index contributed by atoms with van der Waals surface area (Å²) in [5.41, 5.74) is 3.70. The molecule has 7 heteroatoms. The summed E-state index contributed by atoms with van der Waals surface area (Å²) in [6.45, 7) is 10.1. The Morgan fingerprint density at radius 2 is 1.78 bits per heavy atom. The molecule has 2 aromatic rings. The minimum atomic E-state index is -4.46. The van der Waals surface area contributed by atoms with Crippen LogP contribution in [0.2, 0.25) is 0 Å². The second-order valence-electron chi connectivity index (χ2n) is 7.29. The number of nitrogens with one attached hydrogen (secondary N) is 1. The minimum Gasteiger partial charge on any atom is -0.312 e. The quantitative estimate of drug-likeness (QED) is 0.752. The second kappa shape index (κ2) is 7.54. The number of hydrogen-bond acceptors (Lipinski definition) is 3. The molecule has 0 saturated heterocycles. The fraction of sp³-hybridized carbons (Fsp3) is 0.550. The predicted octanol–water partition coefficient (Wildman–Crippen LogP) is 4.87. The van der Waals surface area contributed by atoms with Crippen LogP contribution in [0.1, 0.15) is 47.8 Å². The largest absolute Gasteiger partial charge is 0.435 e. The van der Waals surface area contributed by atoms with Gasteiger partial charge in [-0.15, -0.1) is 0 Å². The molecule has 1 aliphatic heterocycles. The number of alkyl halides is 3. The van der Waals surface area contributed by atoms with E-state index in [4.69, 9.17) is 0 Å². The number of fused-ring (bicyclic) bond motifs is 1. The second-order valence-corrected chi connectivity index (χ2v) is 7.29. The van der Waals surface area contributed by atoms with Crippen molar-refractivity contribution in [2.45, 2.75) is 59.8 Å². The number of aryl methyl sites for hydroxylation is 3. The Kier molecular flexibility index (Phi) is 5.51. The number of anilines is 2. The third-order valence-corrected chi connectivity index (χ3v) is 4.95. The van der Waals surface area contributed by atoms with Gasteiger partial charge >= 0.3 is 6.18 Å². The van der Waals surface area contributed by atoms with Gasteiger partial charge in [0.1, 0.15) is 0 Å². The van der Waals surface area contributed by atoms with E-state index in [0.29, 0.717) is 25.6 Å². The van der Waals surface area contributed by atoms with E-state index in [0.717, 1.165) is 35.2 Å². The molecule has 148 valence electrons. The number of rotatable bonds is 5. The molecule has 1 aromatic heterocycles. The molecule has 1 N–H and O–H groups in total. The molecule has 0 atom stereocenters. The maximum atomic E-state index is 13.7. The molecule has 0 bridgehead atoms. The average Bonchev–Trinajstić information content (AvgIpc) is 2.94. The Hall–Kier alpha value is -2.02. The lowest BCUT2D eigenvalue weighted by Crippen LogP contribution is -2.30. The van der Waals surface area contributed by atoms with E-state index in [9.17, 15) is 13.2 Å². The summed E-state index contributed by atoms with van der Waals surface area (Å²) in [5.74, 6) is 0.400. The van der Waals surface area contributed by atoms with Gasteiger partial charge in [0.15, 0.2) is 5.69 Å². The van der Waals surface area contributed by atoms with Crippen LogP contribution >= 0.6 is 0 Å². The summed E-state index contributed by atoms with van der Waals surface area (Å²) >= 11 is 0. The molecular weight excluding hydrogens is 353 g/mol. The van der Waals surface area contributed by atoms with Crippen LogP contribution in [0.15, 0.2) is 12.1 Å². The summed E-state index contributed by atoms with van der Waals surface area (Å²) in [5, 5.41) is 3.11. The summed E-state index contributed by atoms with van der Waals surface area (Å²) in [7, 11) is 0. The number of halogens is 3. The summed E-state index contributed by atoms with van der Waals surface area (Å²) in [6, 6.07) is 4.14. The zero-order valence-corrected chi connectivity index (χ0v) is 16.4. The monoisotopic (exact) mass is 380 g/mol. The van der Waals surface area contributed by atoms with Crippen LogP contribution < -0.4 is 10.2 Å². The highest BCUT2D eigenvalue weighted by molar-refractivity contribution is 5.68. The van der Waals surface area contributed by atoms with Crippen molar-refractivity contribution in [1.82, 2.24) is 14.9 Å². The molecule has 0 unspecified atom stereocenters. The first-order valence-corrected chi connectivity index (χ1v) is 9.46. The van der Waals surface area contributed by atoms with E-state index in [2.05, 4.69) is 22.4 Å². The number of hydrogen-bond donors (Lipinski definition) is 1. The summed E-state index contributed by atoms with van der Waals surface area (Å²) in [4.78, 5) is 6.04. The lowest BCUT2D eigenvalue weighted by Gasteiger charge is -2.32. The van der Waals surface area contributed by atoms with Crippen LogP contribution in [0.25, 0.3) is 0 Å². The van der Waals surface area contributed by atoms with Crippen LogP contribution in [0.5, 0.6) is 0 Å². The SMILES string of the molecule is CCCNCc1c(C(F)(F)F)nc2n1CCCN2c1c(C)cc(C)cc1C. The zero-order valence-electron chi connectivity index (χ0n) is 16.4. The van der Waals surface area contributed by atoms with Gasteiger partial charge in [-0.3, -0.25) is 0 Å². The van der Waals surface area contributed by atoms with Crippen LogP contribution in [0.4, 0.5) is 24.8 Å². The van der Waals surface area contributed by atoms with Gasteiger partial charge in [-0.25, -0.2) is 4.98 Å². The van der Waals surface area contributed by atoms with Gasteiger partial charge < -0.3 is 14.8 Å². The summed E-state index contributed by atoms with van der Waals surface area (Å²) in [6.07, 6.45) is -2.80. The number of imidazole rings is 1. The first-order chi connectivity index (χ1) is 12.7. The van der Waals surface area contributed by atoms with Crippen molar-refractivity contribution in [3.05, 3.63) is 40.2 Å². The maximum Gasteiger partial charge on any atom is 0.435 e. The lowest BCUT2D eigenvalue weighted by molar-refractivity contribution is -0.141. The molecule has 0 fully saturated rings. The van der Waals surface area contributed by atoms with Crippen molar-refractivity contribution in [2.75, 3.05) is 18.0 Å². The van der Waals surface area contributed by atoms with Gasteiger partial charge in [-0.05, 0) is 51.3 Å². The standard InChI is InChI=1S/C20H27F3N4/c1-5-7-24-12-16-18(20(21,22)23)25-19-26(16)8-6-9-27(19)17-14(3)10-13(2)11-15(17)4/h10-11,24H,5-9,12H2,1-4H3. The van der Waals surface area contributed by atoms with Gasteiger partial charge in [-0.1, -0.05) is 24.6 Å². The number of aromatic nitrogens is 2. The normalized spacial score (nSPS) is 14.6. The van der Waals surface area contributed by atoms with Crippen molar-refractivity contribution in [3.63, 3.8) is 0 Å². The van der Waals surface area contributed by atoms with Gasteiger partial charge in [0, 0.05) is 25.3 Å². The maximum absolute atomic E-state index is 13.7. The van der Waals surface area contributed by atoms with Gasteiger partial charge in [0.2, 0.25) is 5.95 Å².